The predicted octanol–water partition coefficient (Wildman–Crippen LogP) is 3.90. The highest BCUT2D eigenvalue weighted by Crippen LogP contribution is 2.35. The van der Waals surface area contributed by atoms with Crippen LogP contribution in [0.15, 0.2) is 53.1 Å². The van der Waals surface area contributed by atoms with Crippen molar-refractivity contribution in [2.24, 2.45) is 0 Å². The Bertz CT molecular complexity index is 982. The second-order valence-electron chi connectivity index (χ2n) is 6.62. The molecular weight excluding hydrogens is 372 g/mol. The maximum atomic E-state index is 13.1. The topological polar surface area (TPSA) is 93.8 Å². The number of methoxy groups -OCH3 is 2. The van der Waals surface area contributed by atoms with Gasteiger partial charge in [-0.25, -0.2) is 0 Å². The van der Waals surface area contributed by atoms with Crippen LogP contribution in [0.5, 0.6) is 11.5 Å². The van der Waals surface area contributed by atoms with Crippen LogP contribution in [0.25, 0.3) is 11.3 Å². The first kappa shape index (κ1) is 20.4. The lowest BCUT2D eigenvalue weighted by atomic mass is 10.0. The molecule has 2 N–H and O–H groups in total. The van der Waals surface area contributed by atoms with Crippen LogP contribution in [0.2, 0.25) is 0 Å². The summed E-state index contributed by atoms with van der Waals surface area (Å²) in [5, 5.41) is 17.1. The molecule has 0 aliphatic heterocycles. The minimum atomic E-state index is -0.996. The summed E-state index contributed by atoms with van der Waals surface area (Å²) in [6, 6.07) is 14.5. The average molecular weight is 396 g/mol. The van der Waals surface area contributed by atoms with Crippen LogP contribution in [-0.2, 0) is 0 Å². The Labute approximate surface area is 169 Å². The van der Waals surface area contributed by atoms with Gasteiger partial charge in [-0.2, -0.15) is 0 Å². The van der Waals surface area contributed by atoms with Gasteiger partial charge in [0.25, 0.3) is 5.91 Å². The lowest BCUT2D eigenvalue weighted by Gasteiger charge is -2.15. The molecule has 152 valence electrons. The number of aromatic nitrogens is 1. The number of amides is 1. The smallest absolute Gasteiger partial charge is 0.257 e. The first-order chi connectivity index (χ1) is 14.0. The zero-order valence-electron chi connectivity index (χ0n) is 16.8. The molecule has 29 heavy (non-hydrogen) atoms. The highest BCUT2D eigenvalue weighted by molar-refractivity contribution is 6.01. The third-order valence-electron chi connectivity index (χ3n) is 4.63. The van der Waals surface area contributed by atoms with Gasteiger partial charge < -0.3 is 24.4 Å². The third-order valence-corrected chi connectivity index (χ3v) is 4.63. The zero-order valence-corrected chi connectivity index (χ0v) is 16.8. The highest BCUT2D eigenvalue weighted by Gasteiger charge is 2.28. The fourth-order valence-electron chi connectivity index (χ4n) is 3.08. The van der Waals surface area contributed by atoms with Gasteiger partial charge in [0.2, 0.25) is 0 Å². The molecule has 2 aromatic carbocycles. The van der Waals surface area contributed by atoms with E-state index >= 15 is 0 Å². The fourth-order valence-corrected chi connectivity index (χ4v) is 3.08. The van der Waals surface area contributed by atoms with Crippen LogP contribution in [0.1, 0.15) is 47.7 Å². The molecule has 0 aliphatic carbocycles. The minimum absolute atomic E-state index is 0.104. The van der Waals surface area contributed by atoms with E-state index in [9.17, 15) is 9.90 Å². The molecule has 0 radical (unpaired) electrons. The van der Waals surface area contributed by atoms with Gasteiger partial charge in [-0.15, -0.1) is 0 Å². The predicted molar refractivity (Wildman–Crippen MR) is 108 cm³/mol. The minimum Gasteiger partial charge on any atom is -0.493 e. The molecule has 2 atom stereocenters. The van der Waals surface area contributed by atoms with Gasteiger partial charge in [0.1, 0.15) is 17.4 Å². The number of carbonyl (C=O) groups is 1. The summed E-state index contributed by atoms with van der Waals surface area (Å²) in [5.41, 5.74) is 2.08. The summed E-state index contributed by atoms with van der Waals surface area (Å²) in [7, 11) is 3.07. The molecule has 7 nitrogen and oxygen atoms in total. The van der Waals surface area contributed by atoms with Crippen molar-refractivity contribution >= 4 is 5.91 Å². The van der Waals surface area contributed by atoms with Crippen LogP contribution in [-0.4, -0.2) is 30.4 Å². The van der Waals surface area contributed by atoms with E-state index in [4.69, 9.17) is 14.0 Å². The Kier molecular flexibility index (Phi) is 6.19. The van der Waals surface area contributed by atoms with Crippen molar-refractivity contribution in [3.8, 4) is 22.8 Å². The molecule has 0 spiro atoms. The first-order valence-corrected chi connectivity index (χ1v) is 9.22. The summed E-state index contributed by atoms with van der Waals surface area (Å²) in [6.45, 7) is 3.41. The molecular formula is C22H24N2O5. The molecule has 0 aliphatic rings. The summed E-state index contributed by atoms with van der Waals surface area (Å²) < 4.78 is 15.9. The van der Waals surface area contributed by atoms with E-state index in [1.165, 1.54) is 14.0 Å². The molecule has 3 rings (SSSR count). The van der Waals surface area contributed by atoms with Crippen molar-refractivity contribution < 1.29 is 23.9 Å². The molecule has 0 saturated heterocycles. The van der Waals surface area contributed by atoms with Gasteiger partial charge in [0.05, 0.1) is 20.3 Å². The van der Waals surface area contributed by atoms with Crippen molar-refractivity contribution in [2.45, 2.75) is 26.0 Å². The van der Waals surface area contributed by atoms with Crippen LogP contribution in [0.3, 0.4) is 0 Å². The molecule has 0 saturated carbocycles. The van der Waals surface area contributed by atoms with Gasteiger partial charge in [-0.1, -0.05) is 35.5 Å². The number of ether oxygens (including phenoxy) is 2. The number of aliphatic hydroxyl groups excluding tert-OH is 1. The number of carbonyl (C=O) groups excluding carboxylic acids is 1. The Balaban J connectivity index is 2.00. The van der Waals surface area contributed by atoms with Gasteiger partial charge in [-0.3, -0.25) is 4.79 Å². The van der Waals surface area contributed by atoms with Crippen LogP contribution >= 0.6 is 0 Å². The molecule has 0 unspecified atom stereocenters. The second kappa shape index (κ2) is 8.79. The largest absolute Gasteiger partial charge is 0.493 e. The van der Waals surface area contributed by atoms with Gasteiger partial charge in [0.15, 0.2) is 17.3 Å². The molecule has 7 heteroatoms. The SMILES string of the molecule is COc1ccc(-c2noc([C@H](C)O)c2C(=O)N[C@H](C)c2ccccc2)cc1OC. The lowest BCUT2D eigenvalue weighted by molar-refractivity contribution is 0.0927. The lowest BCUT2D eigenvalue weighted by Crippen LogP contribution is -2.27. The van der Waals surface area contributed by atoms with E-state index in [0.29, 0.717) is 22.8 Å². The molecule has 1 heterocycles. The molecule has 1 aromatic heterocycles. The standard InChI is InChI=1S/C22H24N2O5/c1-13(15-8-6-5-7-9-15)23-22(26)19-20(24-29-21(19)14(2)25)16-10-11-17(27-3)18(12-16)28-4/h5-14,25H,1-4H3,(H,23,26)/t13-,14+/m1/s1. The number of rotatable bonds is 7. The normalized spacial score (nSPS) is 12.9. The number of hydrogen-bond acceptors (Lipinski definition) is 6. The summed E-state index contributed by atoms with van der Waals surface area (Å²) in [4.78, 5) is 13.1. The maximum absolute atomic E-state index is 13.1. The molecule has 1 amide bonds. The van der Waals surface area contributed by atoms with Crippen molar-refractivity contribution in [2.75, 3.05) is 14.2 Å². The Morgan fingerprint density at radius 2 is 1.76 bits per heavy atom. The van der Waals surface area contributed by atoms with Crippen molar-refractivity contribution in [1.29, 1.82) is 0 Å². The monoisotopic (exact) mass is 396 g/mol. The van der Waals surface area contributed by atoms with Crippen molar-refractivity contribution in [3.63, 3.8) is 0 Å². The zero-order chi connectivity index (χ0) is 21.0. The van der Waals surface area contributed by atoms with Gasteiger partial charge in [-0.05, 0) is 37.6 Å². The third kappa shape index (κ3) is 4.25. The van der Waals surface area contributed by atoms with E-state index in [1.54, 1.807) is 25.3 Å². The van der Waals surface area contributed by atoms with E-state index in [-0.39, 0.29) is 23.3 Å². The van der Waals surface area contributed by atoms with Crippen LogP contribution < -0.4 is 14.8 Å². The fraction of sp³-hybridized carbons (Fsp3) is 0.273. The molecule has 0 fully saturated rings. The maximum Gasteiger partial charge on any atom is 0.257 e. The van der Waals surface area contributed by atoms with Gasteiger partial charge >= 0.3 is 0 Å². The number of hydrogen-bond donors (Lipinski definition) is 2. The summed E-state index contributed by atoms with van der Waals surface area (Å²) in [6.07, 6.45) is -0.996. The number of aliphatic hydroxyl groups is 1. The number of nitrogens with zero attached hydrogens (tertiary/aromatic N) is 1. The molecule has 3 aromatic rings. The first-order valence-electron chi connectivity index (χ1n) is 9.22. The average Bonchev–Trinajstić information content (AvgIpc) is 3.19. The van der Waals surface area contributed by atoms with E-state index in [0.717, 1.165) is 5.56 Å². The Morgan fingerprint density at radius 3 is 2.38 bits per heavy atom. The van der Waals surface area contributed by atoms with Crippen LogP contribution in [0, 0.1) is 0 Å². The summed E-state index contributed by atoms with van der Waals surface area (Å²) in [5.74, 6) is 0.769. The highest BCUT2D eigenvalue weighted by atomic mass is 16.5. The number of nitrogens with one attached hydrogen (secondary N) is 1. The van der Waals surface area contributed by atoms with Crippen LogP contribution in [0.4, 0.5) is 0 Å². The van der Waals surface area contributed by atoms with Crippen molar-refractivity contribution in [3.05, 3.63) is 65.4 Å². The van der Waals surface area contributed by atoms with E-state index in [1.807, 2.05) is 37.3 Å². The Morgan fingerprint density at radius 1 is 1.07 bits per heavy atom. The van der Waals surface area contributed by atoms with Crippen molar-refractivity contribution in [1.82, 2.24) is 10.5 Å². The molecule has 0 bridgehead atoms. The van der Waals surface area contributed by atoms with E-state index in [2.05, 4.69) is 10.5 Å². The van der Waals surface area contributed by atoms with E-state index < -0.39 is 6.10 Å². The van der Waals surface area contributed by atoms with Gasteiger partial charge in [0, 0.05) is 5.56 Å². The quantitative estimate of drug-likeness (QED) is 0.629. The summed E-state index contributed by atoms with van der Waals surface area (Å²) >= 11 is 0. The Hall–Kier alpha value is -3.32. The second-order valence-corrected chi connectivity index (χ2v) is 6.62. The number of benzene rings is 2.